The SMILES string of the molecule is Cc1cccc([C@@H](C)NCc2ccc(C#N)cc2C)c1. The second kappa shape index (κ2) is 6.36. The van der Waals surface area contributed by atoms with Crippen LogP contribution in [0.3, 0.4) is 0 Å². The van der Waals surface area contributed by atoms with E-state index < -0.39 is 0 Å². The van der Waals surface area contributed by atoms with Crippen LogP contribution in [0.15, 0.2) is 42.5 Å². The second-order valence-corrected chi connectivity index (χ2v) is 5.27. The van der Waals surface area contributed by atoms with Crippen LogP contribution in [0.1, 0.15) is 40.8 Å². The summed E-state index contributed by atoms with van der Waals surface area (Å²) in [6.07, 6.45) is 0. The van der Waals surface area contributed by atoms with E-state index in [1.54, 1.807) is 0 Å². The fourth-order valence-corrected chi connectivity index (χ4v) is 2.28. The monoisotopic (exact) mass is 264 g/mol. The summed E-state index contributed by atoms with van der Waals surface area (Å²) in [6.45, 7) is 7.15. The summed E-state index contributed by atoms with van der Waals surface area (Å²) < 4.78 is 0. The average molecular weight is 264 g/mol. The van der Waals surface area contributed by atoms with Crippen LogP contribution in [-0.2, 0) is 6.54 Å². The predicted octanol–water partition coefficient (Wildman–Crippen LogP) is 4.03. The maximum Gasteiger partial charge on any atom is 0.0991 e. The largest absolute Gasteiger partial charge is 0.306 e. The number of aryl methyl sites for hydroxylation is 2. The van der Waals surface area contributed by atoms with Gasteiger partial charge in [0, 0.05) is 12.6 Å². The van der Waals surface area contributed by atoms with Crippen molar-refractivity contribution < 1.29 is 0 Å². The van der Waals surface area contributed by atoms with E-state index in [0.29, 0.717) is 6.04 Å². The predicted molar refractivity (Wildman–Crippen MR) is 82.3 cm³/mol. The van der Waals surface area contributed by atoms with Gasteiger partial charge in [-0.15, -0.1) is 0 Å². The highest BCUT2D eigenvalue weighted by Gasteiger charge is 2.06. The van der Waals surface area contributed by atoms with Crippen LogP contribution >= 0.6 is 0 Å². The van der Waals surface area contributed by atoms with Gasteiger partial charge < -0.3 is 5.32 Å². The zero-order valence-electron chi connectivity index (χ0n) is 12.3. The van der Waals surface area contributed by atoms with Crippen LogP contribution in [0.25, 0.3) is 0 Å². The van der Waals surface area contributed by atoms with Gasteiger partial charge >= 0.3 is 0 Å². The van der Waals surface area contributed by atoms with E-state index >= 15 is 0 Å². The Bertz CT molecular complexity index is 638. The molecule has 0 radical (unpaired) electrons. The van der Waals surface area contributed by atoms with Crippen LogP contribution in [0.4, 0.5) is 0 Å². The summed E-state index contributed by atoms with van der Waals surface area (Å²) in [5.41, 5.74) is 5.71. The van der Waals surface area contributed by atoms with E-state index in [1.807, 2.05) is 18.2 Å². The Hall–Kier alpha value is -2.11. The van der Waals surface area contributed by atoms with Crippen molar-refractivity contribution in [2.45, 2.75) is 33.4 Å². The normalized spacial score (nSPS) is 11.9. The first kappa shape index (κ1) is 14.3. The molecule has 0 saturated heterocycles. The molecule has 0 aliphatic heterocycles. The molecule has 1 N–H and O–H groups in total. The maximum atomic E-state index is 8.88. The third kappa shape index (κ3) is 3.46. The molecule has 0 heterocycles. The lowest BCUT2D eigenvalue weighted by atomic mass is 10.0. The zero-order valence-corrected chi connectivity index (χ0v) is 12.3. The van der Waals surface area contributed by atoms with Crippen LogP contribution in [0, 0.1) is 25.2 Å². The standard InChI is InChI=1S/C18H20N2/c1-13-5-4-6-17(9-13)15(3)20-12-18-8-7-16(11-19)10-14(18)2/h4-10,15,20H,12H2,1-3H3/t15-/m1/s1. The van der Waals surface area contributed by atoms with Crippen LogP contribution in [0.5, 0.6) is 0 Å². The molecule has 1 atom stereocenters. The van der Waals surface area contributed by atoms with Gasteiger partial charge in [0.2, 0.25) is 0 Å². The number of nitrogens with zero attached hydrogens (tertiary/aromatic N) is 1. The Balaban J connectivity index is 2.04. The molecule has 2 heteroatoms. The number of nitrogens with one attached hydrogen (secondary N) is 1. The Morgan fingerprint density at radius 2 is 1.95 bits per heavy atom. The zero-order chi connectivity index (χ0) is 14.5. The number of nitriles is 1. The average Bonchev–Trinajstić information content (AvgIpc) is 2.45. The highest BCUT2D eigenvalue weighted by Crippen LogP contribution is 2.16. The number of benzene rings is 2. The maximum absolute atomic E-state index is 8.88. The van der Waals surface area contributed by atoms with Gasteiger partial charge in [0.15, 0.2) is 0 Å². The number of hydrogen-bond acceptors (Lipinski definition) is 2. The fourth-order valence-electron chi connectivity index (χ4n) is 2.28. The third-order valence-corrected chi connectivity index (χ3v) is 3.61. The lowest BCUT2D eigenvalue weighted by Crippen LogP contribution is -2.18. The smallest absolute Gasteiger partial charge is 0.0991 e. The molecule has 0 bridgehead atoms. The van der Waals surface area contributed by atoms with Gasteiger partial charge in [0.25, 0.3) is 0 Å². The quantitative estimate of drug-likeness (QED) is 0.905. The Morgan fingerprint density at radius 1 is 1.15 bits per heavy atom. The van der Waals surface area contributed by atoms with Crippen molar-refractivity contribution in [2.24, 2.45) is 0 Å². The molecule has 0 fully saturated rings. The first-order valence-electron chi connectivity index (χ1n) is 6.89. The Kier molecular flexibility index (Phi) is 4.55. The summed E-state index contributed by atoms with van der Waals surface area (Å²) in [4.78, 5) is 0. The molecule has 102 valence electrons. The fraction of sp³-hybridized carbons (Fsp3) is 0.278. The van der Waals surface area contributed by atoms with Crippen molar-refractivity contribution >= 4 is 0 Å². The summed E-state index contributed by atoms with van der Waals surface area (Å²) in [5, 5.41) is 12.4. The molecule has 0 spiro atoms. The molecule has 0 unspecified atom stereocenters. The molecular weight excluding hydrogens is 244 g/mol. The Labute approximate surface area is 121 Å². The van der Waals surface area contributed by atoms with Gasteiger partial charge in [-0.3, -0.25) is 0 Å². The van der Waals surface area contributed by atoms with E-state index in [-0.39, 0.29) is 0 Å². The molecule has 0 aromatic heterocycles. The minimum absolute atomic E-state index is 0.310. The van der Waals surface area contributed by atoms with Gasteiger partial charge in [-0.1, -0.05) is 35.9 Å². The lowest BCUT2D eigenvalue weighted by Gasteiger charge is -2.16. The Morgan fingerprint density at radius 3 is 2.60 bits per heavy atom. The molecule has 2 aromatic carbocycles. The molecule has 2 aromatic rings. The number of hydrogen-bond donors (Lipinski definition) is 1. The van der Waals surface area contributed by atoms with Crippen molar-refractivity contribution in [3.05, 3.63) is 70.3 Å². The van der Waals surface area contributed by atoms with Crippen molar-refractivity contribution in [3.8, 4) is 6.07 Å². The van der Waals surface area contributed by atoms with Gasteiger partial charge in [-0.2, -0.15) is 5.26 Å². The van der Waals surface area contributed by atoms with E-state index in [4.69, 9.17) is 5.26 Å². The lowest BCUT2D eigenvalue weighted by molar-refractivity contribution is 0.573. The summed E-state index contributed by atoms with van der Waals surface area (Å²) >= 11 is 0. The molecule has 0 aliphatic rings. The van der Waals surface area contributed by atoms with Gasteiger partial charge in [0.1, 0.15) is 0 Å². The molecular formula is C18H20N2. The molecule has 2 rings (SSSR count). The molecule has 0 amide bonds. The second-order valence-electron chi connectivity index (χ2n) is 5.27. The van der Waals surface area contributed by atoms with Crippen molar-refractivity contribution in [2.75, 3.05) is 0 Å². The molecule has 0 aliphatic carbocycles. The van der Waals surface area contributed by atoms with E-state index in [2.05, 4.69) is 56.4 Å². The van der Waals surface area contributed by atoms with Gasteiger partial charge in [-0.05, 0) is 49.6 Å². The van der Waals surface area contributed by atoms with Crippen LogP contribution in [0.2, 0.25) is 0 Å². The van der Waals surface area contributed by atoms with E-state index in [1.165, 1.54) is 16.7 Å². The van der Waals surface area contributed by atoms with E-state index in [9.17, 15) is 0 Å². The summed E-state index contributed by atoms with van der Waals surface area (Å²) in [5.74, 6) is 0. The highest BCUT2D eigenvalue weighted by molar-refractivity contribution is 5.37. The summed E-state index contributed by atoms with van der Waals surface area (Å²) in [7, 11) is 0. The first-order chi connectivity index (χ1) is 9.60. The minimum atomic E-state index is 0.310. The minimum Gasteiger partial charge on any atom is -0.306 e. The molecule has 2 nitrogen and oxygen atoms in total. The molecule has 0 saturated carbocycles. The van der Waals surface area contributed by atoms with Crippen LogP contribution < -0.4 is 5.32 Å². The van der Waals surface area contributed by atoms with Gasteiger partial charge in [0.05, 0.1) is 11.6 Å². The topological polar surface area (TPSA) is 35.8 Å². The van der Waals surface area contributed by atoms with Gasteiger partial charge in [-0.25, -0.2) is 0 Å². The molecule has 20 heavy (non-hydrogen) atoms. The third-order valence-electron chi connectivity index (χ3n) is 3.61. The van der Waals surface area contributed by atoms with Crippen molar-refractivity contribution in [1.82, 2.24) is 5.32 Å². The highest BCUT2D eigenvalue weighted by atomic mass is 14.9. The first-order valence-corrected chi connectivity index (χ1v) is 6.89. The van der Waals surface area contributed by atoms with Crippen molar-refractivity contribution in [1.29, 1.82) is 5.26 Å². The summed E-state index contributed by atoms with van der Waals surface area (Å²) in [6, 6.07) is 16.9. The number of rotatable bonds is 4. The van der Waals surface area contributed by atoms with Crippen molar-refractivity contribution in [3.63, 3.8) is 0 Å². The van der Waals surface area contributed by atoms with E-state index in [0.717, 1.165) is 17.7 Å². The van der Waals surface area contributed by atoms with Crippen LogP contribution in [-0.4, -0.2) is 0 Å².